The first-order valence-corrected chi connectivity index (χ1v) is 11.8. The molecule has 0 saturated heterocycles. The Hall–Kier alpha value is -2.87. The maximum Gasteiger partial charge on any atom is 0.263 e. The third kappa shape index (κ3) is 7.09. The van der Waals surface area contributed by atoms with E-state index in [4.69, 9.17) is 14.2 Å². The second-order valence-corrected chi connectivity index (χ2v) is 8.49. The standard InChI is InChI=1S/C24H21N5O5S.K/c1-32-18-11-6-7-12-19(18)34-20-21(29-35(30,31)16-13-17-9-4-3-5-10-17)27-23(28-24(20)33-2)22-25-14-8-15-26-22;/h3-16H,1-2H3,(H,27,28,29);. The van der Waals surface area contributed by atoms with E-state index >= 15 is 0 Å². The third-order valence-corrected chi connectivity index (χ3v) is 5.53. The van der Waals surface area contributed by atoms with Crippen molar-refractivity contribution in [3.05, 3.63) is 84.0 Å². The van der Waals surface area contributed by atoms with Crippen molar-refractivity contribution in [1.29, 1.82) is 0 Å². The number of hydrogen-bond acceptors (Lipinski definition) is 9. The third-order valence-electron chi connectivity index (χ3n) is 4.55. The van der Waals surface area contributed by atoms with Crippen molar-refractivity contribution in [2.75, 3.05) is 18.9 Å². The molecule has 12 heteroatoms. The van der Waals surface area contributed by atoms with Crippen molar-refractivity contribution in [2.24, 2.45) is 0 Å². The first kappa shape index (κ1) is 27.7. The fraction of sp³-hybridized carbons (Fsp3) is 0.0833. The molecule has 1 N–H and O–H groups in total. The minimum atomic E-state index is -4.02. The number of ether oxygens (including phenoxy) is 3. The number of methoxy groups -OCH3 is 2. The number of para-hydroxylation sites is 2. The maximum atomic E-state index is 12.9. The molecule has 0 amide bonds. The van der Waals surface area contributed by atoms with Crippen LogP contribution in [0.15, 0.2) is 78.5 Å². The van der Waals surface area contributed by atoms with Crippen molar-refractivity contribution in [3.8, 4) is 34.8 Å². The summed E-state index contributed by atoms with van der Waals surface area (Å²) >= 11 is 0. The van der Waals surface area contributed by atoms with E-state index in [9.17, 15) is 8.42 Å². The van der Waals surface area contributed by atoms with Crippen molar-refractivity contribution in [1.82, 2.24) is 19.9 Å². The summed E-state index contributed by atoms with van der Waals surface area (Å²) in [6, 6.07) is 17.5. The maximum absolute atomic E-state index is 12.9. The van der Waals surface area contributed by atoms with Crippen LogP contribution in [0.2, 0.25) is 0 Å². The van der Waals surface area contributed by atoms with Gasteiger partial charge in [0.2, 0.25) is 11.6 Å². The number of anilines is 1. The van der Waals surface area contributed by atoms with Crippen molar-refractivity contribution < 1.29 is 22.6 Å². The van der Waals surface area contributed by atoms with Gasteiger partial charge in [0, 0.05) is 63.8 Å². The van der Waals surface area contributed by atoms with Gasteiger partial charge in [0.15, 0.2) is 23.1 Å². The van der Waals surface area contributed by atoms with Crippen LogP contribution in [0.3, 0.4) is 0 Å². The predicted molar refractivity (Wildman–Crippen MR) is 136 cm³/mol. The van der Waals surface area contributed by atoms with Gasteiger partial charge in [-0.1, -0.05) is 42.5 Å². The fourth-order valence-corrected chi connectivity index (χ4v) is 3.77. The molecular weight excluding hydrogens is 509 g/mol. The van der Waals surface area contributed by atoms with Gasteiger partial charge in [-0.15, -0.1) is 0 Å². The molecule has 4 aromatic rings. The van der Waals surface area contributed by atoms with E-state index in [0.29, 0.717) is 17.1 Å². The average Bonchev–Trinajstić information content (AvgIpc) is 2.89. The Bertz CT molecular complexity index is 1440. The normalized spacial score (nSPS) is 10.9. The molecule has 1 radical (unpaired) electrons. The molecule has 0 aliphatic heterocycles. The second-order valence-electron chi connectivity index (χ2n) is 6.92. The second kappa shape index (κ2) is 12.9. The van der Waals surface area contributed by atoms with E-state index < -0.39 is 10.0 Å². The molecule has 0 fully saturated rings. The molecule has 179 valence electrons. The van der Waals surface area contributed by atoms with Crippen molar-refractivity contribution in [2.45, 2.75) is 0 Å². The zero-order valence-electron chi connectivity index (χ0n) is 19.8. The number of aromatic nitrogens is 4. The van der Waals surface area contributed by atoms with Crippen molar-refractivity contribution in [3.63, 3.8) is 0 Å². The number of sulfonamides is 1. The minimum absolute atomic E-state index is 0. The van der Waals surface area contributed by atoms with Gasteiger partial charge < -0.3 is 14.2 Å². The Morgan fingerprint density at radius 3 is 2.14 bits per heavy atom. The van der Waals surface area contributed by atoms with E-state index in [2.05, 4.69) is 24.7 Å². The summed E-state index contributed by atoms with van der Waals surface area (Å²) in [6.07, 6.45) is 4.50. The summed E-state index contributed by atoms with van der Waals surface area (Å²) in [5.41, 5.74) is 0.710. The number of rotatable bonds is 9. The Balaban J connectivity index is 0.00000361. The molecular formula is C24H21KN5O5S. The number of benzene rings is 2. The molecule has 0 unspecified atom stereocenters. The van der Waals surface area contributed by atoms with E-state index in [1.54, 1.807) is 54.6 Å². The molecule has 10 nitrogen and oxygen atoms in total. The van der Waals surface area contributed by atoms with Gasteiger partial charge in [0.25, 0.3) is 15.9 Å². The van der Waals surface area contributed by atoms with Crippen LogP contribution in [0, 0.1) is 0 Å². The van der Waals surface area contributed by atoms with Gasteiger partial charge in [-0.2, -0.15) is 4.98 Å². The zero-order chi connectivity index (χ0) is 24.7. The molecule has 0 atom stereocenters. The molecule has 2 aromatic heterocycles. The van der Waals surface area contributed by atoms with Crippen LogP contribution in [-0.4, -0.2) is 94.0 Å². The first-order chi connectivity index (χ1) is 17.0. The van der Waals surface area contributed by atoms with Crippen LogP contribution in [-0.2, 0) is 10.0 Å². The minimum Gasteiger partial charge on any atom is -0.493 e. The van der Waals surface area contributed by atoms with Crippen LogP contribution in [0.1, 0.15) is 5.56 Å². The fourth-order valence-electron chi connectivity index (χ4n) is 2.96. The SMILES string of the molecule is COc1ccccc1Oc1c(NS(=O)(=O)C=Cc2ccccc2)nc(-c2ncccn2)nc1OC.[K]. The summed E-state index contributed by atoms with van der Waals surface area (Å²) in [6.45, 7) is 0. The predicted octanol–water partition coefficient (Wildman–Crippen LogP) is 3.77. The Morgan fingerprint density at radius 1 is 0.806 bits per heavy atom. The Labute approximate surface area is 251 Å². The van der Waals surface area contributed by atoms with Gasteiger partial charge in [-0.3, -0.25) is 4.72 Å². The molecule has 0 bridgehead atoms. The van der Waals surface area contributed by atoms with Gasteiger partial charge in [-0.05, 0) is 29.8 Å². The number of nitrogens with zero attached hydrogens (tertiary/aromatic N) is 4. The first-order valence-electron chi connectivity index (χ1n) is 10.3. The summed E-state index contributed by atoms with van der Waals surface area (Å²) in [7, 11) is -1.15. The Morgan fingerprint density at radius 2 is 1.47 bits per heavy atom. The van der Waals surface area contributed by atoms with Gasteiger partial charge >= 0.3 is 0 Å². The summed E-state index contributed by atoms with van der Waals surface area (Å²) < 4.78 is 45.0. The summed E-state index contributed by atoms with van der Waals surface area (Å²) in [5.74, 6) is 0.688. The molecule has 36 heavy (non-hydrogen) atoms. The molecule has 4 rings (SSSR count). The zero-order valence-corrected chi connectivity index (χ0v) is 23.8. The smallest absolute Gasteiger partial charge is 0.263 e. The average molecular weight is 531 g/mol. The van der Waals surface area contributed by atoms with E-state index in [0.717, 1.165) is 5.41 Å². The van der Waals surface area contributed by atoms with Gasteiger partial charge in [0.05, 0.1) is 19.6 Å². The van der Waals surface area contributed by atoms with Gasteiger partial charge in [-0.25, -0.2) is 23.4 Å². The molecule has 2 aromatic carbocycles. The molecule has 0 saturated carbocycles. The van der Waals surface area contributed by atoms with Crippen LogP contribution < -0.4 is 18.9 Å². The number of nitrogens with one attached hydrogen (secondary N) is 1. The van der Waals surface area contributed by atoms with E-state index in [1.165, 1.54) is 32.7 Å². The van der Waals surface area contributed by atoms with Gasteiger partial charge in [0.1, 0.15) is 0 Å². The van der Waals surface area contributed by atoms with Crippen LogP contribution >= 0.6 is 0 Å². The van der Waals surface area contributed by atoms with E-state index in [-0.39, 0.29) is 80.5 Å². The van der Waals surface area contributed by atoms with Crippen LogP contribution in [0.4, 0.5) is 5.82 Å². The quantitative estimate of drug-likeness (QED) is 0.322. The monoisotopic (exact) mass is 530 g/mol. The topological polar surface area (TPSA) is 125 Å². The number of hydrogen-bond donors (Lipinski definition) is 1. The van der Waals surface area contributed by atoms with E-state index in [1.807, 2.05) is 6.07 Å². The molecule has 0 aliphatic carbocycles. The molecule has 0 aliphatic rings. The Kier molecular flexibility index (Phi) is 9.93. The molecule has 2 heterocycles. The molecule has 0 spiro atoms. The van der Waals surface area contributed by atoms with Crippen LogP contribution in [0.5, 0.6) is 23.1 Å². The van der Waals surface area contributed by atoms with Crippen LogP contribution in [0.25, 0.3) is 17.7 Å². The van der Waals surface area contributed by atoms with Crippen molar-refractivity contribution >= 4 is 73.3 Å². The largest absolute Gasteiger partial charge is 0.493 e. The summed E-state index contributed by atoms with van der Waals surface area (Å²) in [5, 5.41) is 1.03. The summed E-state index contributed by atoms with van der Waals surface area (Å²) in [4.78, 5) is 16.9.